The maximum absolute atomic E-state index is 12.8. The normalized spacial score (nSPS) is 14.2. The number of aromatic amines is 1. The van der Waals surface area contributed by atoms with Gasteiger partial charge in [-0.15, -0.1) is 5.10 Å². The third kappa shape index (κ3) is 3.55. The first-order valence-electron chi connectivity index (χ1n) is 8.50. The lowest BCUT2D eigenvalue weighted by Crippen LogP contribution is -2.33. The second-order valence-electron chi connectivity index (χ2n) is 6.30. The molecular weight excluding hydrogens is 373 g/mol. The molecule has 9 heteroatoms. The van der Waals surface area contributed by atoms with E-state index in [-0.39, 0.29) is 18.3 Å². The summed E-state index contributed by atoms with van der Waals surface area (Å²) in [4.78, 5) is 18.0. The van der Waals surface area contributed by atoms with Crippen molar-refractivity contribution < 1.29 is 22.7 Å². The Morgan fingerprint density at radius 1 is 1.11 bits per heavy atom. The highest BCUT2D eigenvalue weighted by Gasteiger charge is 2.30. The topological polar surface area (TPSA) is 71.1 Å². The van der Waals surface area contributed by atoms with Crippen LogP contribution in [0.4, 0.5) is 13.2 Å². The number of carbonyl (C=O) groups excluding carboxylic acids is 1. The average Bonchev–Trinajstić information content (AvgIpc) is 3.13. The van der Waals surface area contributed by atoms with Gasteiger partial charge in [0.2, 0.25) is 5.82 Å². The predicted molar refractivity (Wildman–Crippen MR) is 93.5 cm³/mol. The predicted octanol–water partition coefficient (Wildman–Crippen LogP) is 3.53. The number of alkyl halides is 3. The summed E-state index contributed by atoms with van der Waals surface area (Å²) in [6, 6.07) is 10.3. The van der Waals surface area contributed by atoms with E-state index in [0.29, 0.717) is 24.5 Å². The molecule has 1 N–H and O–H groups in total. The number of hydrogen-bond donors (Lipinski definition) is 1. The first kappa shape index (κ1) is 18.0. The van der Waals surface area contributed by atoms with Crippen LogP contribution in [-0.2, 0) is 12.7 Å². The molecule has 0 atom stereocenters. The lowest BCUT2D eigenvalue weighted by atomic mass is 10.0. The summed E-state index contributed by atoms with van der Waals surface area (Å²) in [5.41, 5.74) is 1.45. The summed E-state index contributed by atoms with van der Waals surface area (Å²) < 4.78 is 44.0. The molecule has 0 fully saturated rings. The van der Waals surface area contributed by atoms with Crippen LogP contribution in [0, 0.1) is 0 Å². The number of H-pyrrole nitrogens is 1. The van der Waals surface area contributed by atoms with Crippen LogP contribution in [0.2, 0.25) is 0 Å². The van der Waals surface area contributed by atoms with Crippen molar-refractivity contribution in [2.75, 3.05) is 13.2 Å². The zero-order chi connectivity index (χ0) is 19.7. The smallest absolute Gasteiger partial charge is 0.416 e. The zero-order valence-electron chi connectivity index (χ0n) is 14.5. The van der Waals surface area contributed by atoms with E-state index in [0.717, 1.165) is 23.3 Å². The van der Waals surface area contributed by atoms with Gasteiger partial charge in [0.15, 0.2) is 0 Å². The van der Waals surface area contributed by atoms with Gasteiger partial charge in [0.25, 0.3) is 5.91 Å². The molecule has 2 aromatic carbocycles. The van der Waals surface area contributed by atoms with E-state index in [1.165, 1.54) is 18.5 Å². The van der Waals surface area contributed by atoms with Crippen LogP contribution in [0.1, 0.15) is 21.7 Å². The summed E-state index contributed by atoms with van der Waals surface area (Å²) in [6.45, 7) is 0.984. The van der Waals surface area contributed by atoms with Gasteiger partial charge in [-0.1, -0.05) is 18.2 Å². The standard InChI is InChI=1S/C19H15F3N4O2/c20-19(21,22)15-4-1-12(2-5-15)13-3-6-16-14(9-13)10-26(7-8-28-16)18(27)17-23-11-24-25-17/h1-6,9,11H,7-8,10H2,(H,23,24,25). The number of hydrogen-bond acceptors (Lipinski definition) is 4. The fraction of sp³-hybridized carbons (Fsp3) is 0.211. The molecule has 0 bridgehead atoms. The number of amides is 1. The highest BCUT2D eigenvalue weighted by molar-refractivity contribution is 5.90. The lowest BCUT2D eigenvalue weighted by molar-refractivity contribution is -0.137. The van der Waals surface area contributed by atoms with Crippen LogP contribution in [-0.4, -0.2) is 39.1 Å². The summed E-state index contributed by atoms with van der Waals surface area (Å²) in [7, 11) is 0. The first-order chi connectivity index (χ1) is 13.4. The van der Waals surface area contributed by atoms with E-state index < -0.39 is 11.7 Å². The van der Waals surface area contributed by atoms with E-state index in [9.17, 15) is 18.0 Å². The van der Waals surface area contributed by atoms with Gasteiger partial charge in [-0.05, 0) is 35.4 Å². The van der Waals surface area contributed by atoms with Crippen molar-refractivity contribution in [1.29, 1.82) is 0 Å². The number of nitrogens with zero attached hydrogens (tertiary/aromatic N) is 3. The average molecular weight is 388 g/mol. The molecule has 6 nitrogen and oxygen atoms in total. The quantitative estimate of drug-likeness (QED) is 0.729. The van der Waals surface area contributed by atoms with Crippen molar-refractivity contribution >= 4 is 5.91 Å². The molecule has 1 aromatic heterocycles. The van der Waals surface area contributed by atoms with Gasteiger partial charge >= 0.3 is 6.18 Å². The summed E-state index contributed by atoms with van der Waals surface area (Å²) in [6.07, 6.45) is -3.04. The van der Waals surface area contributed by atoms with Gasteiger partial charge in [0, 0.05) is 12.1 Å². The lowest BCUT2D eigenvalue weighted by Gasteiger charge is -2.18. The maximum Gasteiger partial charge on any atom is 0.416 e. The van der Waals surface area contributed by atoms with Gasteiger partial charge < -0.3 is 9.64 Å². The highest BCUT2D eigenvalue weighted by atomic mass is 19.4. The Bertz CT molecular complexity index is 985. The molecule has 0 aliphatic carbocycles. The van der Waals surface area contributed by atoms with Gasteiger partial charge in [-0.3, -0.25) is 9.89 Å². The zero-order valence-corrected chi connectivity index (χ0v) is 14.5. The van der Waals surface area contributed by atoms with Crippen LogP contribution in [0.5, 0.6) is 5.75 Å². The van der Waals surface area contributed by atoms with Crippen LogP contribution < -0.4 is 4.74 Å². The molecule has 4 rings (SSSR count). The van der Waals surface area contributed by atoms with Crippen LogP contribution in [0.15, 0.2) is 48.8 Å². The van der Waals surface area contributed by atoms with E-state index in [1.54, 1.807) is 17.0 Å². The molecular formula is C19H15F3N4O2. The molecule has 3 aromatic rings. The number of ether oxygens (including phenoxy) is 1. The number of nitrogens with one attached hydrogen (secondary N) is 1. The third-order valence-corrected chi connectivity index (χ3v) is 4.48. The first-order valence-corrected chi connectivity index (χ1v) is 8.50. The minimum Gasteiger partial charge on any atom is -0.491 e. The number of benzene rings is 2. The summed E-state index contributed by atoms with van der Waals surface area (Å²) in [5, 5.41) is 6.32. The maximum atomic E-state index is 12.8. The van der Waals surface area contributed by atoms with Gasteiger partial charge in [-0.2, -0.15) is 13.2 Å². The van der Waals surface area contributed by atoms with Crippen molar-refractivity contribution in [1.82, 2.24) is 20.1 Å². The van der Waals surface area contributed by atoms with Crippen molar-refractivity contribution in [3.05, 3.63) is 65.7 Å². The largest absolute Gasteiger partial charge is 0.491 e. The number of halogens is 3. The summed E-state index contributed by atoms with van der Waals surface area (Å²) >= 11 is 0. The van der Waals surface area contributed by atoms with Crippen LogP contribution in [0.25, 0.3) is 11.1 Å². The Hall–Kier alpha value is -3.36. The minimum absolute atomic E-state index is 0.0716. The van der Waals surface area contributed by atoms with E-state index in [4.69, 9.17) is 4.74 Å². The molecule has 1 amide bonds. The Morgan fingerprint density at radius 2 is 1.86 bits per heavy atom. The number of rotatable bonds is 2. The van der Waals surface area contributed by atoms with E-state index in [2.05, 4.69) is 15.2 Å². The molecule has 0 spiro atoms. The van der Waals surface area contributed by atoms with Gasteiger partial charge in [-0.25, -0.2) is 4.98 Å². The molecule has 144 valence electrons. The highest BCUT2D eigenvalue weighted by Crippen LogP contribution is 2.33. The Kier molecular flexibility index (Phi) is 4.50. The molecule has 0 radical (unpaired) electrons. The van der Waals surface area contributed by atoms with E-state index >= 15 is 0 Å². The number of fused-ring (bicyclic) bond motifs is 1. The van der Waals surface area contributed by atoms with Crippen molar-refractivity contribution in [3.8, 4) is 16.9 Å². The van der Waals surface area contributed by atoms with Crippen molar-refractivity contribution in [2.45, 2.75) is 12.7 Å². The van der Waals surface area contributed by atoms with Crippen LogP contribution in [0.3, 0.4) is 0 Å². The third-order valence-electron chi connectivity index (χ3n) is 4.48. The molecule has 1 aliphatic rings. The van der Waals surface area contributed by atoms with Gasteiger partial charge in [0.1, 0.15) is 18.7 Å². The molecule has 0 saturated heterocycles. The monoisotopic (exact) mass is 388 g/mol. The summed E-state index contributed by atoms with van der Waals surface area (Å²) in [5.74, 6) is 0.390. The van der Waals surface area contributed by atoms with Crippen molar-refractivity contribution in [3.63, 3.8) is 0 Å². The molecule has 1 aliphatic heterocycles. The molecule has 28 heavy (non-hydrogen) atoms. The fourth-order valence-electron chi connectivity index (χ4n) is 3.05. The molecule has 0 saturated carbocycles. The Labute approximate surface area is 158 Å². The Morgan fingerprint density at radius 3 is 2.54 bits per heavy atom. The second kappa shape index (κ2) is 6.99. The van der Waals surface area contributed by atoms with E-state index in [1.807, 2.05) is 6.07 Å². The number of carbonyl (C=O) groups is 1. The fourth-order valence-corrected chi connectivity index (χ4v) is 3.05. The second-order valence-corrected chi connectivity index (χ2v) is 6.30. The molecule has 0 unspecified atom stereocenters. The minimum atomic E-state index is -4.37. The Balaban J connectivity index is 1.61. The SMILES string of the molecule is O=C(c1nc[nH]n1)N1CCOc2ccc(-c3ccc(C(F)(F)F)cc3)cc2C1. The van der Waals surface area contributed by atoms with Gasteiger partial charge in [0.05, 0.1) is 12.1 Å². The molecule has 2 heterocycles. The number of aromatic nitrogens is 3. The van der Waals surface area contributed by atoms with Crippen molar-refractivity contribution in [2.24, 2.45) is 0 Å². The van der Waals surface area contributed by atoms with Crippen LogP contribution >= 0.6 is 0 Å².